The SMILES string of the molecule is CC1=C(OC(=O)OC(C)C)C(c2cccc(Cl)c2Cl)C2=C(N1)C(=O)OC2. The van der Waals surface area contributed by atoms with E-state index in [9.17, 15) is 9.59 Å². The third-order valence-corrected chi connectivity index (χ3v) is 4.83. The lowest BCUT2D eigenvalue weighted by atomic mass is 9.86. The Hall–Kier alpha value is -2.18. The minimum atomic E-state index is -0.839. The standard InChI is InChI=1S/C18H17Cl2NO5/c1-8(2)25-18(23)26-16-9(3)21-15-11(7-24-17(15)22)13(16)10-5-4-6-12(19)14(10)20/h4-6,8,13,21H,7H2,1-3H3. The van der Waals surface area contributed by atoms with Crippen LogP contribution in [0.25, 0.3) is 0 Å². The average Bonchev–Trinajstić information content (AvgIpc) is 2.91. The Morgan fingerprint density at radius 1 is 1.35 bits per heavy atom. The fraction of sp³-hybridized carbons (Fsp3) is 0.333. The number of allylic oxidation sites excluding steroid dienone is 2. The maximum absolute atomic E-state index is 12.1. The summed E-state index contributed by atoms with van der Waals surface area (Å²) in [6.45, 7) is 5.20. The molecule has 3 rings (SSSR count). The fourth-order valence-electron chi connectivity index (χ4n) is 2.92. The number of benzene rings is 1. The van der Waals surface area contributed by atoms with E-state index < -0.39 is 18.0 Å². The van der Waals surface area contributed by atoms with Crippen LogP contribution in [0.15, 0.2) is 40.9 Å². The first-order valence-corrected chi connectivity index (χ1v) is 8.75. The van der Waals surface area contributed by atoms with E-state index in [1.807, 2.05) is 0 Å². The van der Waals surface area contributed by atoms with Crippen molar-refractivity contribution < 1.29 is 23.8 Å². The van der Waals surface area contributed by atoms with Crippen molar-refractivity contribution in [3.63, 3.8) is 0 Å². The van der Waals surface area contributed by atoms with Crippen molar-refractivity contribution in [1.29, 1.82) is 0 Å². The summed E-state index contributed by atoms with van der Waals surface area (Å²) in [7, 11) is 0. The van der Waals surface area contributed by atoms with Crippen LogP contribution in [-0.4, -0.2) is 24.8 Å². The summed E-state index contributed by atoms with van der Waals surface area (Å²) in [6, 6.07) is 5.16. The van der Waals surface area contributed by atoms with Gasteiger partial charge in [0.2, 0.25) is 0 Å². The van der Waals surface area contributed by atoms with Crippen molar-refractivity contribution in [2.45, 2.75) is 32.8 Å². The number of rotatable bonds is 3. The number of ether oxygens (including phenoxy) is 3. The molecular weight excluding hydrogens is 381 g/mol. The lowest BCUT2D eigenvalue weighted by Gasteiger charge is -2.28. The average molecular weight is 398 g/mol. The van der Waals surface area contributed by atoms with E-state index in [4.69, 9.17) is 37.4 Å². The smallest absolute Gasteiger partial charge is 0.456 e. The number of hydrogen-bond acceptors (Lipinski definition) is 6. The van der Waals surface area contributed by atoms with Crippen LogP contribution in [0.3, 0.4) is 0 Å². The van der Waals surface area contributed by atoms with Crippen LogP contribution in [0.5, 0.6) is 0 Å². The zero-order chi connectivity index (χ0) is 19.0. The number of carbonyl (C=O) groups is 2. The molecule has 6 nitrogen and oxygen atoms in total. The molecule has 0 saturated heterocycles. The third kappa shape index (κ3) is 3.39. The van der Waals surface area contributed by atoms with Gasteiger partial charge in [-0.05, 0) is 32.4 Å². The minimum Gasteiger partial charge on any atom is -0.456 e. The summed E-state index contributed by atoms with van der Waals surface area (Å²) in [5.74, 6) is -0.771. The molecule has 0 aromatic heterocycles. The van der Waals surface area contributed by atoms with Gasteiger partial charge in [0.1, 0.15) is 18.1 Å². The van der Waals surface area contributed by atoms with Gasteiger partial charge in [-0.25, -0.2) is 9.59 Å². The topological polar surface area (TPSA) is 73.9 Å². The Kier molecular flexibility index (Phi) is 5.16. The lowest BCUT2D eigenvalue weighted by Crippen LogP contribution is -2.29. The molecule has 0 bridgehead atoms. The zero-order valence-corrected chi connectivity index (χ0v) is 15.9. The number of halogens is 2. The van der Waals surface area contributed by atoms with Crippen molar-refractivity contribution in [2.75, 3.05) is 6.61 Å². The molecule has 0 radical (unpaired) electrons. The summed E-state index contributed by atoms with van der Waals surface area (Å²) < 4.78 is 15.7. The van der Waals surface area contributed by atoms with E-state index in [1.165, 1.54) is 0 Å². The molecule has 2 heterocycles. The highest BCUT2D eigenvalue weighted by Crippen LogP contribution is 2.44. The monoisotopic (exact) mass is 397 g/mol. The zero-order valence-electron chi connectivity index (χ0n) is 14.4. The van der Waals surface area contributed by atoms with E-state index in [-0.39, 0.29) is 18.5 Å². The molecule has 1 atom stereocenters. The van der Waals surface area contributed by atoms with Gasteiger partial charge in [-0.2, -0.15) is 0 Å². The van der Waals surface area contributed by atoms with Gasteiger partial charge in [0.15, 0.2) is 0 Å². The maximum Gasteiger partial charge on any atom is 0.513 e. The first-order valence-electron chi connectivity index (χ1n) is 8.00. The molecule has 0 aliphatic carbocycles. The largest absolute Gasteiger partial charge is 0.513 e. The van der Waals surface area contributed by atoms with Gasteiger partial charge in [-0.3, -0.25) is 0 Å². The predicted molar refractivity (Wildman–Crippen MR) is 95.7 cm³/mol. The molecule has 0 amide bonds. The highest BCUT2D eigenvalue weighted by Gasteiger charge is 2.40. The van der Waals surface area contributed by atoms with Gasteiger partial charge >= 0.3 is 12.1 Å². The van der Waals surface area contributed by atoms with Gasteiger partial charge in [-0.1, -0.05) is 35.3 Å². The number of carbonyl (C=O) groups excluding carboxylic acids is 2. The molecule has 2 aliphatic rings. The van der Waals surface area contributed by atoms with E-state index in [1.54, 1.807) is 39.0 Å². The van der Waals surface area contributed by atoms with Crippen LogP contribution in [-0.2, 0) is 19.0 Å². The molecule has 1 aromatic carbocycles. The first kappa shape index (κ1) is 18.6. The third-order valence-electron chi connectivity index (χ3n) is 3.99. The highest BCUT2D eigenvalue weighted by atomic mass is 35.5. The normalized spacial score (nSPS) is 19.3. The molecule has 8 heteroatoms. The van der Waals surface area contributed by atoms with Crippen LogP contribution < -0.4 is 5.32 Å². The van der Waals surface area contributed by atoms with Crippen LogP contribution in [0.1, 0.15) is 32.3 Å². The summed E-state index contributed by atoms with van der Waals surface area (Å²) in [4.78, 5) is 24.1. The second-order valence-corrected chi connectivity index (χ2v) is 6.97. The van der Waals surface area contributed by atoms with Gasteiger partial charge in [0.25, 0.3) is 0 Å². The van der Waals surface area contributed by atoms with Crippen LogP contribution in [0.2, 0.25) is 10.0 Å². The van der Waals surface area contributed by atoms with Crippen molar-refractivity contribution in [2.24, 2.45) is 0 Å². The van der Waals surface area contributed by atoms with Crippen LogP contribution in [0, 0.1) is 0 Å². The van der Waals surface area contributed by atoms with E-state index >= 15 is 0 Å². The second-order valence-electron chi connectivity index (χ2n) is 6.19. The van der Waals surface area contributed by atoms with Crippen molar-refractivity contribution in [3.8, 4) is 0 Å². The number of cyclic esters (lactones) is 1. The van der Waals surface area contributed by atoms with Crippen molar-refractivity contribution in [1.82, 2.24) is 5.32 Å². The predicted octanol–water partition coefficient (Wildman–Crippen LogP) is 4.28. The van der Waals surface area contributed by atoms with Gasteiger partial charge in [0.05, 0.1) is 27.8 Å². The summed E-state index contributed by atoms with van der Waals surface area (Å²) in [6.07, 6.45) is -1.17. The van der Waals surface area contributed by atoms with Crippen molar-refractivity contribution in [3.05, 3.63) is 56.5 Å². The first-order chi connectivity index (χ1) is 12.3. The molecule has 1 aromatic rings. The Morgan fingerprint density at radius 3 is 2.77 bits per heavy atom. The molecule has 26 heavy (non-hydrogen) atoms. The van der Waals surface area contributed by atoms with Gasteiger partial charge in [0, 0.05) is 5.57 Å². The maximum atomic E-state index is 12.1. The molecule has 0 spiro atoms. The van der Waals surface area contributed by atoms with E-state index in [0.29, 0.717) is 32.6 Å². The molecule has 2 aliphatic heterocycles. The lowest BCUT2D eigenvalue weighted by molar-refractivity contribution is -0.136. The number of hydrogen-bond donors (Lipinski definition) is 1. The van der Waals surface area contributed by atoms with Gasteiger partial charge < -0.3 is 19.5 Å². The Morgan fingerprint density at radius 2 is 2.08 bits per heavy atom. The van der Waals surface area contributed by atoms with E-state index in [2.05, 4.69) is 5.32 Å². The molecule has 0 saturated carbocycles. The van der Waals surface area contributed by atoms with Crippen molar-refractivity contribution >= 4 is 35.3 Å². The number of dihydropyridines is 1. The second kappa shape index (κ2) is 7.21. The molecule has 1 unspecified atom stereocenters. The highest BCUT2D eigenvalue weighted by molar-refractivity contribution is 6.42. The molecule has 138 valence electrons. The number of nitrogens with one attached hydrogen (secondary N) is 1. The van der Waals surface area contributed by atoms with Crippen LogP contribution in [0.4, 0.5) is 4.79 Å². The Bertz CT molecular complexity index is 844. The summed E-state index contributed by atoms with van der Waals surface area (Å²) >= 11 is 12.5. The number of esters is 1. The quantitative estimate of drug-likeness (QED) is 0.766. The summed E-state index contributed by atoms with van der Waals surface area (Å²) in [5, 5.41) is 3.62. The van der Waals surface area contributed by atoms with Crippen LogP contribution >= 0.6 is 23.2 Å². The molecular formula is C18H17Cl2NO5. The summed E-state index contributed by atoms with van der Waals surface area (Å²) in [5.41, 5.74) is 2.05. The van der Waals surface area contributed by atoms with E-state index in [0.717, 1.165) is 0 Å². The fourth-order valence-corrected chi connectivity index (χ4v) is 3.33. The minimum absolute atomic E-state index is 0.0635. The Labute approximate surface area is 160 Å². The Balaban J connectivity index is 2.07. The molecule has 0 fully saturated rings. The van der Waals surface area contributed by atoms with Gasteiger partial charge in [-0.15, -0.1) is 0 Å². The molecule has 1 N–H and O–H groups in total.